The van der Waals surface area contributed by atoms with E-state index in [1.54, 1.807) is 6.07 Å². The topological polar surface area (TPSA) is 57.8 Å². The number of nitrogens with one attached hydrogen (secondary N) is 2. The lowest BCUT2D eigenvalue weighted by Crippen LogP contribution is -2.22. The minimum Gasteiger partial charge on any atom is -0.311 e. The van der Waals surface area contributed by atoms with Gasteiger partial charge in [0.2, 0.25) is 0 Å². The van der Waals surface area contributed by atoms with Gasteiger partial charge in [0.05, 0.1) is 5.69 Å². The molecular formula is C13H23N3O. The maximum absolute atomic E-state index is 11.5. The Bertz CT molecular complexity index is 396. The Morgan fingerprint density at radius 3 is 2.59 bits per heavy atom. The van der Waals surface area contributed by atoms with Gasteiger partial charge in [0, 0.05) is 19.0 Å². The van der Waals surface area contributed by atoms with Crippen molar-refractivity contribution in [1.29, 1.82) is 0 Å². The first-order valence-corrected chi connectivity index (χ1v) is 6.27. The summed E-state index contributed by atoms with van der Waals surface area (Å²) in [6.45, 7) is 10.1. The smallest absolute Gasteiger partial charge is 0.251 e. The SMILES string of the molecule is CC(C)CNCc1cc(=O)[nH]c(CC(C)C)n1. The van der Waals surface area contributed by atoms with Crippen molar-refractivity contribution in [2.45, 2.75) is 40.7 Å². The van der Waals surface area contributed by atoms with E-state index >= 15 is 0 Å². The van der Waals surface area contributed by atoms with E-state index in [1.165, 1.54) is 0 Å². The van der Waals surface area contributed by atoms with Crippen molar-refractivity contribution in [3.05, 3.63) is 27.9 Å². The van der Waals surface area contributed by atoms with E-state index in [4.69, 9.17) is 0 Å². The fourth-order valence-electron chi connectivity index (χ4n) is 1.63. The molecule has 0 amide bonds. The average Bonchev–Trinajstić information content (AvgIpc) is 2.14. The molecule has 1 aromatic heterocycles. The molecule has 1 rings (SSSR count). The first-order valence-electron chi connectivity index (χ1n) is 6.27. The molecule has 1 aromatic rings. The summed E-state index contributed by atoms with van der Waals surface area (Å²) in [5.74, 6) is 1.89. The molecule has 0 aliphatic heterocycles. The summed E-state index contributed by atoms with van der Waals surface area (Å²) in [4.78, 5) is 18.7. The zero-order valence-electron chi connectivity index (χ0n) is 11.2. The van der Waals surface area contributed by atoms with Crippen molar-refractivity contribution in [3.63, 3.8) is 0 Å². The molecule has 1 heterocycles. The molecule has 0 saturated heterocycles. The number of nitrogens with zero attached hydrogens (tertiary/aromatic N) is 1. The van der Waals surface area contributed by atoms with Crippen LogP contribution in [0.3, 0.4) is 0 Å². The lowest BCUT2D eigenvalue weighted by Gasteiger charge is -2.08. The summed E-state index contributed by atoms with van der Waals surface area (Å²) < 4.78 is 0. The van der Waals surface area contributed by atoms with E-state index in [1.807, 2.05) is 0 Å². The minimum atomic E-state index is -0.0583. The first-order chi connectivity index (χ1) is 7.97. The number of H-pyrrole nitrogens is 1. The zero-order chi connectivity index (χ0) is 12.8. The highest BCUT2D eigenvalue weighted by Crippen LogP contribution is 2.01. The van der Waals surface area contributed by atoms with Crippen molar-refractivity contribution in [2.24, 2.45) is 11.8 Å². The standard InChI is InChI=1S/C13H23N3O/c1-9(2)5-12-15-11(6-13(17)16-12)8-14-7-10(3)4/h6,9-10,14H,5,7-8H2,1-4H3,(H,15,16,17). The lowest BCUT2D eigenvalue weighted by molar-refractivity contribution is 0.544. The van der Waals surface area contributed by atoms with Gasteiger partial charge in [-0.05, 0) is 18.4 Å². The van der Waals surface area contributed by atoms with Gasteiger partial charge in [0.25, 0.3) is 5.56 Å². The largest absolute Gasteiger partial charge is 0.311 e. The molecule has 0 atom stereocenters. The summed E-state index contributed by atoms with van der Waals surface area (Å²) in [5, 5.41) is 3.29. The van der Waals surface area contributed by atoms with Crippen LogP contribution in [0.25, 0.3) is 0 Å². The fourth-order valence-corrected chi connectivity index (χ4v) is 1.63. The Balaban J connectivity index is 2.65. The van der Waals surface area contributed by atoms with Crippen LogP contribution in [0, 0.1) is 11.8 Å². The minimum absolute atomic E-state index is 0.0583. The first kappa shape index (κ1) is 13.9. The highest BCUT2D eigenvalue weighted by atomic mass is 16.1. The third-order valence-corrected chi connectivity index (χ3v) is 2.30. The number of hydrogen-bond acceptors (Lipinski definition) is 3. The Kier molecular flexibility index (Phi) is 5.35. The van der Waals surface area contributed by atoms with Gasteiger partial charge in [0.1, 0.15) is 5.82 Å². The molecular weight excluding hydrogens is 214 g/mol. The molecule has 0 radical (unpaired) electrons. The Hall–Kier alpha value is -1.16. The molecule has 0 spiro atoms. The van der Waals surface area contributed by atoms with Crippen LogP contribution in [0.4, 0.5) is 0 Å². The predicted octanol–water partition coefficient (Wildman–Crippen LogP) is 1.71. The van der Waals surface area contributed by atoms with Gasteiger partial charge in [-0.2, -0.15) is 0 Å². The van der Waals surface area contributed by atoms with Crippen LogP contribution in [0.2, 0.25) is 0 Å². The molecule has 96 valence electrons. The summed E-state index contributed by atoms with van der Waals surface area (Å²) in [5.41, 5.74) is 0.766. The Morgan fingerprint density at radius 1 is 1.29 bits per heavy atom. The maximum atomic E-state index is 11.5. The lowest BCUT2D eigenvalue weighted by atomic mass is 10.1. The van der Waals surface area contributed by atoms with Gasteiger partial charge in [-0.3, -0.25) is 4.79 Å². The number of aromatic nitrogens is 2. The average molecular weight is 237 g/mol. The third kappa shape index (κ3) is 5.63. The second kappa shape index (κ2) is 6.55. The van der Waals surface area contributed by atoms with Gasteiger partial charge in [-0.15, -0.1) is 0 Å². The molecule has 17 heavy (non-hydrogen) atoms. The van der Waals surface area contributed by atoms with Gasteiger partial charge < -0.3 is 10.3 Å². The summed E-state index contributed by atoms with van der Waals surface area (Å²) in [6.07, 6.45) is 0.813. The molecule has 0 aliphatic rings. The molecule has 4 heteroatoms. The van der Waals surface area contributed by atoms with Crippen LogP contribution in [0.1, 0.15) is 39.2 Å². The predicted molar refractivity (Wildman–Crippen MR) is 69.9 cm³/mol. The highest BCUT2D eigenvalue weighted by molar-refractivity contribution is 5.03. The van der Waals surface area contributed by atoms with Gasteiger partial charge in [-0.1, -0.05) is 27.7 Å². The van der Waals surface area contributed by atoms with E-state index in [0.29, 0.717) is 18.4 Å². The zero-order valence-corrected chi connectivity index (χ0v) is 11.2. The van der Waals surface area contributed by atoms with Gasteiger partial charge in [-0.25, -0.2) is 4.98 Å². The van der Waals surface area contributed by atoms with Crippen LogP contribution in [0.5, 0.6) is 0 Å². The quantitative estimate of drug-likeness (QED) is 0.792. The molecule has 0 saturated carbocycles. The summed E-state index contributed by atoms with van der Waals surface area (Å²) in [6, 6.07) is 1.57. The van der Waals surface area contributed by atoms with Gasteiger partial charge >= 0.3 is 0 Å². The van der Waals surface area contributed by atoms with Crippen LogP contribution >= 0.6 is 0 Å². The van der Waals surface area contributed by atoms with E-state index in [9.17, 15) is 4.79 Å². The van der Waals surface area contributed by atoms with E-state index < -0.39 is 0 Å². The maximum Gasteiger partial charge on any atom is 0.251 e. The van der Waals surface area contributed by atoms with E-state index in [0.717, 1.165) is 24.5 Å². The molecule has 0 aliphatic carbocycles. The van der Waals surface area contributed by atoms with Crippen LogP contribution in [0.15, 0.2) is 10.9 Å². The second-order valence-corrected chi connectivity index (χ2v) is 5.31. The van der Waals surface area contributed by atoms with Crippen molar-refractivity contribution in [2.75, 3.05) is 6.54 Å². The Labute approximate surface area is 103 Å². The van der Waals surface area contributed by atoms with Crippen LogP contribution in [-0.2, 0) is 13.0 Å². The number of rotatable bonds is 6. The molecule has 0 unspecified atom stereocenters. The molecule has 4 nitrogen and oxygen atoms in total. The van der Waals surface area contributed by atoms with E-state index in [2.05, 4.69) is 43.0 Å². The monoisotopic (exact) mass is 237 g/mol. The normalized spacial score (nSPS) is 11.4. The summed E-state index contributed by atoms with van der Waals surface area (Å²) >= 11 is 0. The second-order valence-electron chi connectivity index (χ2n) is 5.31. The third-order valence-electron chi connectivity index (χ3n) is 2.30. The molecule has 2 N–H and O–H groups in total. The van der Waals surface area contributed by atoms with Crippen molar-refractivity contribution in [1.82, 2.24) is 15.3 Å². The van der Waals surface area contributed by atoms with Crippen molar-refractivity contribution < 1.29 is 0 Å². The number of aromatic amines is 1. The Morgan fingerprint density at radius 2 is 2.00 bits per heavy atom. The summed E-state index contributed by atoms with van der Waals surface area (Å²) in [7, 11) is 0. The van der Waals surface area contributed by atoms with Gasteiger partial charge in [0.15, 0.2) is 0 Å². The highest BCUT2D eigenvalue weighted by Gasteiger charge is 2.04. The fraction of sp³-hybridized carbons (Fsp3) is 0.692. The van der Waals surface area contributed by atoms with Crippen LogP contribution < -0.4 is 10.9 Å². The van der Waals surface area contributed by atoms with Crippen molar-refractivity contribution >= 4 is 0 Å². The molecule has 0 aromatic carbocycles. The molecule has 0 fully saturated rings. The van der Waals surface area contributed by atoms with Crippen LogP contribution in [-0.4, -0.2) is 16.5 Å². The number of hydrogen-bond donors (Lipinski definition) is 2. The molecule has 0 bridgehead atoms. The van der Waals surface area contributed by atoms with Crippen molar-refractivity contribution in [3.8, 4) is 0 Å². The van der Waals surface area contributed by atoms with E-state index in [-0.39, 0.29) is 5.56 Å².